The van der Waals surface area contributed by atoms with Gasteiger partial charge in [0.25, 0.3) is 5.91 Å². The van der Waals surface area contributed by atoms with Crippen molar-refractivity contribution in [3.63, 3.8) is 0 Å². The third-order valence-electron chi connectivity index (χ3n) is 4.37. The molecule has 0 atom stereocenters. The van der Waals surface area contributed by atoms with E-state index < -0.39 is 10.0 Å². The molecule has 2 aromatic carbocycles. The highest BCUT2D eigenvalue weighted by Crippen LogP contribution is 2.22. The number of hydrogen-bond acceptors (Lipinski definition) is 3. The van der Waals surface area contributed by atoms with Crippen molar-refractivity contribution in [2.24, 2.45) is 0 Å². The molecule has 0 fully saturated rings. The molecule has 0 unspecified atom stereocenters. The number of hydrogen-bond donors (Lipinski definition) is 1. The summed E-state index contributed by atoms with van der Waals surface area (Å²) < 4.78 is 25.6. The molecular formula is C20H25ClN2O3S. The van der Waals surface area contributed by atoms with Crippen molar-refractivity contribution >= 4 is 27.5 Å². The predicted octanol–water partition coefficient (Wildman–Crippen LogP) is 3.57. The maximum atomic E-state index is 12.4. The smallest absolute Gasteiger partial charge is 0.252 e. The highest BCUT2D eigenvalue weighted by atomic mass is 35.5. The summed E-state index contributed by atoms with van der Waals surface area (Å²) in [6, 6.07) is 10.5. The van der Waals surface area contributed by atoms with Gasteiger partial charge in [-0.15, -0.1) is 0 Å². The largest absolute Gasteiger partial charge is 0.352 e. The summed E-state index contributed by atoms with van der Waals surface area (Å²) in [6.45, 7) is 4.62. The summed E-state index contributed by atoms with van der Waals surface area (Å²) in [5, 5.41) is 3.04. The second-order valence-corrected chi connectivity index (χ2v) is 9.28. The van der Waals surface area contributed by atoms with E-state index >= 15 is 0 Å². The van der Waals surface area contributed by atoms with Crippen LogP contribution in [0.4, 0.5) is 0 Å². The lowest BCUT2D eigenvalue weighted by Gasteiger charge is -2.13. The number of nitrogens with one attached hydrogen (secondary N) is 1. The molecule has 2 rings (SSSR count). The van der Waals surface area contributed by atoms with Crippen LogP contribution in [0.25, 0.3) is 0 Å². The van der Waals surface area contributed by atoms with Gasteiger partial charge in [0.1, 0.15) is 0 Å². The zero-order chi connectivity index (χ0) is 20.2. The van der Waals surface area contributed by atoms with Crippen LogP contribution in [0.15, 0.2) is 41.3 Å². The van der Waals surface area contributed by atoms with Gasteiger partial charge in [0, 0.05) is 20.6 Å². The average Bonchev–Trinajstić information content (AvgIpc) is 2.60. The lowest BCUT2D eigenvalue weighted by molar-refractivity contribution is 0.0953. The molecule has 146 valence electrons. The molecule has 0 radical (unpaired) electrons. The van der Waals surface area contributed by atoms with Crippen molar-refractivity contribution in [2.75, 3.05) is 20.6 Å². The summed E-state index contributed by atoms with van der Waals surface area (Å²) in [5.41, 5.74) is 3.88. The Hall–Kier alpha value is -1.89. The molecule has 0 saturated heterocycles. The lowest BCUT2D eigenvalue weighted by Crippen LogP contribution is -2.26. The Morgan fingerprint density at radius 3 is 2.44 bits per heavy atom. The van der Waals surface area contributed by atoms with E-state index in [4.69, 9.17) is 11.6 Å². The van der Waals surface area contributed by atoms with E-state index in [0.717, 1.165) is 17.1 Å². The summed E-state index contributed by atoms with van der Waals surface area (Å²) in [4.78, 5) is 12.5. The van der Waals surface area contributed by atoms with Crippen LogP contribution in [-0.2, 0) is 16.4 Å². The molecule has 27 heavy (non-hydrogen) atoms. The topological polar surface area (TPSA) is 66.5 Å². The van der Waals surface area contributed by atoms with E-state index in [0.29, 0.717) is 6.54 Å². The number of benzene rings is 2. The Morgan fingerprint density at radius 1 is 1.11 bits per heavy atom. The standard InChI is InChI=1S/C20H25ClN2O3S/c1-14-7-8-16(15(2)12-14)6-5-11-22-20(24)18-13-17(9-10-19(18)21)27(25,26)23(3)4/h7-10,12-13H,5-6,11H2,1-4H3,(H,22,24). The van der Waals surface area contributed by atoms with Gasteiger partial charge in [-0.2, -0.15) is 0 Å². The van der Waals surface area contributed by atoms with Crippen LogP contribution in [0.1, 0.15) is 33.5 Å². The second-order valence-electron chi connectivity index (χ2n) is 6.72. The van der Waals surface area contributed by atoms with E-state index in [1.54, 1.807) is 0 Å². The Morgan fingerprint density at radius 2 is 1.81 bits per heavy atom. The highest BCUT2D eigenvalue weighted by molar-refractivity contribution is 7.89. The SMILES string of the molecule is Cc1ccc(CCCNC(=O)c2cc(S(=O)(=O)N(C)C)ccc2Cl)c(C)c1. The number of amides is 1. The van der Waals surface area contributed by atoms with E-state index in [-0.39, 0.29) is 21.4 Å². The fourth-order valence-corrected chi connectivity index (χ4v) is 3.88. The fraction of sp³-hybridized carbons (Fsp3) is 0.350. The zero-order valence-electron chi connectivity index (χ0n) is 16.0. The van der Waals surface area contributed by atoms with Crippen LogP contribution < -0.4 is 5.32 Å². The first-order valence-corrected chi connectivity index (χ1v) is 10.5. The van der Waals surface area contributed by atoms with Gasteiger partial charge in [-0.3, -0.25) is 4.79 Å². The summed E-state index contributed by atoms with van der Waals surface area (Å²) >= 11 is 6.10. The number of rotatable bonds is 7. The Labute approximate surface area is 166 Å². The molecule has 5 nitrogen and oxygen atoms in total. The molecular weight excluding hydrogens is 384 g/mol. The third kappa shape index (κ3) is 5.31. The highest BCUT2D eigenvalue weighted by Gasteiger charge is 2.20. The summed E-state index contributed by atoms with van der Waals surface area (Å²) in [5.74, 6) is -0.378. The first-order valence-electron chi connectivity index (χ1n) is 8.69. The van der Waals surface area contributed by atoms with E-state index in [2.05, 4.69) is 37.4 Å². The zero-order valence-corrected chi connectivity index (χ0v) is 17.6. The minimum Gasteiger partial charge on any atom is -0.352 e. The van der Waals surface area contributed by atoms with Crippen LogP contribution in [-0.4, -0.2) is 39.3 Å². The van der Waals surface area contributed by atoms with Gasteiger partial charge in [-0.25, -0.2) is 12.7 Å². The molecule has 0 saturated carbocycles. The molecule has 2 aromatic rings. The quantitative estimate of drug-likeness (QED) is 0.712. The molecule has 1 amide bonds. The fourth-order valence-electron chi connectivity index (χ4n) is 2.75. The molecule has 0 aromatic heterocycles. The second kappa shape index (κ2) is 8.87. The number of halogens is 1. The van der Waals surface area contributed by atoms with Gasteiger partial charge in [0.2, 0.25) is 10.0 Å². The van der Waals surface area contributed by atoms with Gasteiger partial charge in [-0.05, 0) is 56.0 Å². The van der Waals surface area contributed by atoms with Crippen molar-refractivity contribution in [3.8, 4) is 0 Å². The predicted molar refractivity (Wildman–Crippen MR) is 109 cm³/mol. The van der Waals surface area contributed by atoms with Crippen molar-refractivity contribution < 1.29 is 13.2 Å². The normalized spacial score (nSPS) is 11.6. The maximum Gasteiger partial charge on any atom is 0.252 e. The summed E-state index contributed by atoms with van der Waals surface area (Å²) in [7, 11) is -0.742. The van der Waals surface area contributed by atoms with E-state index in [1.165, 1.54) is 49.0 Å². The number of carbonyl (C=O) groups is 1. The summed E-state index contributed by atoms with van der Waals surface area (Å²) in [6.07, 6.45) is 1.64. The first kappa shape index (κ1) is 21.4. The Balaban J connectivity index is 2.01. The van der Waals surface area contributed by atoms with Gasteiger partial charge < -0.3 is 5.32 Å². The molecule has 1 N–H and O–H groups in total. The average molecular weight is 409 g/mol. The van der Waals surface area contributed by atoms with Crippen LogP contribution in [0, 0.1) is 13.8 Å². The molecule has 0 aliphatic rings. The minimum absolute atomic E-state index is 0.0392. The van der Waals surface area contributed by atoms with Crippen LogP contribution in [0.3, 0.4) is 0 Å². The third-order valence-corrected chi connectivity index (χ3v) is 6.51. The van der Waals surface area contributed by atoms with Crippen molar-refractivity contribution in [3.05, 3.63) is 63.7 Å². The molecule has 0 heterocycles. The van der Waals surface area contributed by atoms with Crippen LogP contribution in [0.2, 0.25) is 5.02 Å². The number of nitrogens with zero attached hydrogens (tertiary/aromatic N) is 1. The van der Waals surface area contributed by atoms with Crippen LogP contribution >= 0.6 is 11.6 Å². The van der Waals surface area contributed by atoms with Crippen molar-refractivity contribution in [1.29, 1.82) is 0 Å². The molecule has 0 bridgehead atoms. The van der Waals surface area contributed by atoms with Gasteiger partial charge in [0.15, 0.2) is 0 Å². The molecule has 0 spiro atoms. The Bertz CT molecular complexity index is 940. The van der Waals surface area contributed by atoms with Gasteiger partial charge in [0.05, 0.1) is 15.5 Å². The van der Waals surface area contributed by atoms with Crippen LogP contribution in [0.5, 0.6) is 0 Å². The monoisotopic (exact) mass is 408 g/mol. The number of sulfonamides is 1. The minimum atomic E-state index is -3.62. The van der Waals surface area contributed by atoms with Gasteiger partial charge in [-0.1, -0.05) is 35.4 Å². The van der Waals surface area contributed by atoms with Gasteiger partial charge >= 0.3 is 0 Å². The number of carbonyl (C=O) groups excluding carboxylic acids is 1. The van der Waals surface area contributed by atoms with E-state index in [9.17, 15) is 13.2 Å². The van der Waals surface area contributed by atoms with Crippen molar-refractivity contribution in [1.82, 2.24) is 9.62 Å². The lowest BCUT2D eigenvalue weighted by atomic mass is 10.0. The maximum absolute atomic E-state index is 12.4. The number of aryl methyl sites for hydroxylation is 3. The van der Waals surface area contributed by atoms with Crippen molar-refractivity contribution in [2.45, 2.75) is 31.6 Å². The first-order chi connectivity index (χ1) is 12.6. The molecule has 0 aliphatic carbocycles. The molecule has 7 heteroatoms. The Kier molecular flexibility index (Phi) is 7.03. The van der Waals surface area contributed by atoms with E-state index in [1.807, 2.05) is 0 Å². The molecule has 0 aliphatic heterocycles.